The molecule has 0 spiro atoms. The number of ether oxygens (including phenoxy) is 2. The molecule has 3 N–H and O–H groups in total. The summed E-state index contributed by atoms with van der Waals surface area (Å²) in [5.74, 6) is 1.35. The van der Waals surface area contributed by atoms with E-state index >= 15 is 0 Å². The van der Waals surface area contributed by atoms with Gasteiger partial charge in [-0.2, -0.15) is 15.0 Å². The molecular formula is C12H20N6O2. The minimum atomic E-state index is 0.233. The van der Waals surface area contributed by atoms with Gasteiger partial charge in [0.05, 0.1) is 19.3 Å². The van der Waals surface area contributed by atoms with E-state index in [1.165, 1.54) is 0 Å². The normalized spacial score (nSPS) is 23.0. The number of morpholine rings is 1. The summed E-state index contributed by atoms with van der Waals surface area (Å²) in [7, 11) is 0. The Morgan fingerprint density at radius 2 is 2.05 bits per heavy atom. The van der Waals surface area contributed by atoms with Crippen molar-refractivity contribution in [3.63, 3.8) is 0 Å². The van der Waals surface area contributed by atoms with Gasteiger partial charge in [-0.15, -0.1) is 0 Å². The van der Waals surface area contributed by atoms with Crippen LogP contribution in [0.15, 0.2) is 0 Å². The fraction of sp³-hybridized carbons (Fsp3) is 0.750. The van der Waals surface area contributed by atoms with E-state index in [1.54, 1.807) is 0 Å². The maximum Gasteiger partial charge on any atom is 0.232 e. The minimum absolute atomic E-state index is 0.233. The quantitative estimate of drug-likeness (QED) is 0.787. The summed E-state index contributed by atoms with van der Waals surface area (Å²) < 4.78 is 10.9. The van der Waals surface area contributed by atoms with E-state index in [9.17, 15) is 0 Å². The summed E-state index contributed by atoms with van der Waals surface area (Å²) in [5, 5.41) is 3.18. The van der Waals surface area contributed by atoms with Gasteiger partial charge < -0.3 is 25.4 Å². The first kappa shape index (κ1) is 13.3. The Morgan fingerprint density at radius 3 is 2.80 bits per heavy atom. The lowest BCUT2D eigenvalue weighted by Gasteiger charge is -2.26. The molecule has 0 aromatic carbocycles. The topological polar surface area (TPSA) is 98.4 Å². The van der Waals surface area contributed by atoms with Crippen molar-refractivity contribution in [2.24, 2.45) is 0 Å². The lowest BCUT2D eigenvalue weighted by Crippen LogP contribution is -2.37. The molecule has 0 saturated carbocycles. The van der Waals surface area contributed by atoms with Gasteiger partial charge in [-0.05, 0) is 12.8 Å². The number of rotatable bonds is 4. The zero-order valence-corrected chi connectivity index (χ0v) is 11.4. The van der Waals surface area contributed by atoms with Gasteiger partial charge in [-0.1, -0.05) is 0 Å². The molecule has 1 aromatic heterocycles. The number of nitrogens with zero attached hydrogens (tertiary/aromatic N) is 4. The van der Waals surface area contributed by atoms with Gasteiger partial charge in [0.1, 0.15) is 0 Å². The molecule has 3 rings (SSSR count). The highest BCUT2D eigenvalue weighted by Gasteiger charge is 2.18. The van der Waals surface area contributed by atoms with Crippen LogP contribution in [0.25, 0.3) is 0 Å². The highest BCUT2D eigenvalue weighted by molar-refractivity contribution is 5.42. The van der Waals surface area contributed by atoms with Crippen molar-refractivity contribution < 1.29 is 9.47 Å². The van der Waals surface area contributed by atoms with Crippen LogP contribution < -0.4 is 16.0 Å². The zero-order valence-electron chi connectivity index (χ0n) is 11.4. The molecule has 0 aliphatic carbocycles. The third-order valence-electron chi connectivity index (χ3n) is 3.45. The van der Waals surface area contributed by atoms with E-state index in [0.717, 1.165) is 32.5 Å². The van der Waals surface area contributed by atoms with Crippen LogP contribution in [0.2, 0.25) is 0 Å². The summed E-state index contributed by atoms with van der Waals surface area (Å²) in [5.41, 5.74) is 5.76. The highest BCUT2D eigenvalue weighted by Crippen LogP contribution is 2.15. The van der Waals surface area contributed by atoms with Gasteiger partial charge in [-0.25, -0.2) is 0 Å². The minimum Gasteiger partial charge on any atom is -0.378 e. The third-order valence-corrected chi connectivity index (χ3v) is 3.45. The largest absolute Gasteiger partial charge is 0.378 e. The molecule has 0 amide bonds. The highest BCUT2D eigenvalue weighted by atomic mass is 16.5. The van der Waals surface area contributed by atoms with E-state index in [2.05, 4.69) is 25.2 Å². The van der Waals surface area contributed by atoms with Crippen molar-refractivity contribution in [2.45, 2.75) is 18.9 Å². The molecule has 2 aliphatic rings. The molecule has 2 aliphatic heterocycles. The van der Waals surface area contributed by atoms with Crippen LogP contribution in [0.3, 0.4) is 0 Å². The van der Waals surface area contributed by atoms with Crippen LogP contribution in [-0.2, 0) is 9.47 Å². The van der Waals surface area contributed by atoms with Gasteiger partial charge in [0.2, 0.25) is 17.8 Å². The summed E-state index contributed by atoms with van der Waals surface area (Å²) in [6, 6.07) is 0. The average Bonchev–Trinajstić information content (AvgIpc) is 2.99. The Morgan fingerprint density at radius 1 is 1.20 bits per heavy atom. The van der Waals surface area contributed by atoms with Gasteiger partial charge in [0.15, 0.2) is 0 Å². The fourth-order valence-electron chi connectivity index (χ4n) is 2.37. The lowest BCUT2D eigenvalue weighted by atomic mass is 10.2. The Labute approximate surface area is 117 Å². The Hall–Kier alpha value is -1.67. The maximum atomic E-state index is 5.76. The third kappa shape index (κ3) is 3.26. The van der Waals surface area contributed by atoms with Crippen molar-refractivity contribution in [1.82, 2.24) is 15.0 Å². The number of hydrogen-bond acceptors (Lipinski definition) is 8. The molecular weight excluding hydrogens is 260 g/mol. The molecule has 0 bridgehead atoms. The van der Waals surface area contributed by atoms with Gasteiger partial charge in [-0.3, -0.25) is 0 Å². The van der Waals surface area contributed by atoms with Crippen molar-refractivity contribution in [3.8, 4) is 0 Å². The molecule has 8 heteroatoms. The number of nitrogens with one attached hydrogen (secondary N) is 1. The Bertz CT molecular complexity index is 446. The first-order chi connectivity index (χ1) is 9.81. The van der Waals surface area contributed by atoms with Crippen molar-refractivity contribution >= 4 is 17.8 Å². The number of aromatic nitrogens is 3. The van der Waals surface area contributed by atoms with Crippen LogP contribution in [0.1, 0.15) is 12.8 Å². The first-order valence-electron chi connectivity index (χ1n) is 7.01. The summed E-state index contributed by atoms with van der Waals surface area (Å²) in [6.07, 6.45) is 2.43. The van der Waals surface area contributed by atoms with Gasteiger partial charge in [0, 0.05) is 26.2 Å². The molecule has 20 heavy (non-hydrogen) atoms. The number of hydrogen-bond donors (Lipinski definition) is 2. The summed E-state index contributed by atoms with van der Waals surface area (Å²) in [4.78, 5) is 14.8. The van der Waals surface area contributed by atoms with E-state index in [4.69, 9.17) is 15.2 Å². The smallest absolute Gasteiger partial charge is 0.232 e. The van der Waals surface area contributed by atoms with Crippen LogP contribution in [0, 0.1) is 0 Å². The maximum absolute atomic E-state index is 5.76. The summed E-state index contributed by atoms with van der Waals surface area (Å²) >= 11 is 0. The molecule has 1 aromatic rings. The predicted octanol–water partition coefficient (Wildman–Crippen LogP) is -0.119. The molecule has 2 saturated heterocycles. The second kappa shape index (κ2) is 6.19. The predicted molar refractivity (Wildman–Crippen MR) is 74.7 cm³/mol. The Kier molecular flexibility index (Phi) is 4.12. The first-order valence-corrected chi connectivity index (χ1v) is 7.01. The van der Waals surface area contributed by atoms with Crippen LogP contribution >= 0.6 is 0 Å². The van der Waals surface area contributed by atoms with Crippen LogP contribution in [0.5, 0.6) is 0 Å². The van der Waals surface area contributed by atoms with Crippen molar-refractivity contribution in [2.75, 3.05) is 55.4 Å². The van der Waals surface area contributed by atoms with Crippen LogP contribution in [-0.4, -0.2) is 60.5 Å². The molecule has 3 heterocycles. The van der Waals surface area contributed by atoms with E-state index in [0.29, 0.717) is 31.7 Å². The lowest BCUT2D eigenvalue weighted by molar-refractivity contribution is 0.120. The number of nitrogens with two attached hydrogens (primary N) is 1. The number of nitrogen functional groups attached to an aromatic ring is 1. The van der Waals surface area contributed by atoms with Gasteiger partial charge >= 0.3 is 0 Å². The van der Waals surface area contributed by atoms with E-state index in [1.807, 2.05) is 0 Å². The fourth-order valence-corrected chi connectivity index (χ4v) is 2.37. The second-order valence-electron chi connectivity index (χ2n) is 4.93. The van der Waals surface area contributed by atoms with Crippen molar-refractivity contribution in [1.29, 1.82) is 0 Å². The molecule has 1 atom stereocenters. The SMILES string of the molecule is Nc1nc(NCC2CCCO2)nc(N2CCOCC2)n1. The zero-order chi connectivity index (χ0) is 13.8. The van der Waals surface area contributed by atoms with E-state index < -0.39 is 0 Å². The summed E-state index contributed by atoms with van der Waals surface area (Å²) in [6.45, 7) is 4.45. The average molecular weight is 280 g/mol. The van der Waals surface area contributed by atoms with E-state index in [-0.39, 0.29) is 12.1 Å². The molecule has 110 valence electrons. The molecule has 8 nitrogen and oxygen atoms in total. The van der Waals surface area contributed by atoms with Crippen LogP contribution in [0.4, 0.5) is 17.8 Å². The Balaban J connectivity index is 1.65. The van der Waals surface area contributed by atoms with Crippen molar-refractivity contribution in [3.05, 3.63) is 0 Å². The number of anilines is 3. The standard InChI is InChI=1S/C12H20N6O2/c13-10-15-11(14-8-9-2-1-5-20-9)17-12(16-10)18-3-6-19-7-4-18/h9H,1-8H2,(H3,13,14,15,16,17). The molecule has 1 unspecified atom stereocenters. The monoisotopic (exact) mass is 280 g/mol. The van der Waals surface area contributed by atoms with Gasteiger partial charge in [0.25, 0.3) is 0 Å². The second-order valence-corrected chi connectivity index (χ2v) is 4.93. The molecule has 2 fully saturated rings. The molecule has 0 radical (unpaired) electrons.